The summed E-state index contributed by atoms with van der Waals surface area (Å²) >= 11 is 0. The minimum Gasteiger partial charge on any atom is -0.489 e. The summed E-state index contributed by atoms with van der Waals surface area (Å²) in [6, 6.07) is 6.16. The molecule has 2 aliphatic heterocycles. The first-order chi connectivity index (χ1) is 11.3. The van der Waals surface area contributed by atoms with Gasteiger partial charge >= 0.3 is 0 Å². The maximum atomic E-state index is 12.2. The number of alkyl halides is 1. The Kier molecular flexibility index (Phi) is 3.48. The lowest BCUT2D eigenvalue weighted by atomic mass is 9.94. The van der Waals surface area contributed by atoms with Crippen LogP contribution in [0.15, 0.2) is 30.6 Å². The Bertz CT molecular complexity index is 776. The van der Waals surface area contributed by atoms with Gasteiger partial charge in [-0.05, 0) is 47.7 Å². The van der Waals surface area contributed by atoms with Crippen LogP contribution in [0, 0.1) is 0 Å². The maximum Gasteiger partial charge on any atom is 0.227 e. The fraction of sp³-hybridized carbons (Fsp3) is 0.333. The Morgan fingerprint density at radius 3 is 2.74 bits per heavy atom. The lowest BCUT2D eigenvalue weighted by Gasteiger charge is -2.25. The molecule has 0 spiro atoms. The molecule has 0 aliphatic carbocycles. The molecule has 0 bridgehead atoms. The molecule has 1 aromatic carbocycles. The van der Waals surface area contributed by atoms with Gasteiger partial charge in [0.2, 0.25) is 5.91 Å². The zero-order valence-electron chi connectivity index (χ0n) is 12.7. The van der Waals surface area contributed by atoms with Crippen LogP contribution < -0.4 is 9.64 Å². The number of aromatic nitrogens is 1. The summed E-state index contributed by atoms with van der Waals surface area (Å²) in [5, 5.41) is 0. The first-order valence-electron chi connectivity index (χ1n) is 7.86. The minimum atomic E-state index is -0.517. The molecule has 5 heteroatoms. The third-order valence-electron chi connectivity index (χ3n) is 4.44. The van der Waals surface area contributed by atoms with Gasteiger partial charge in [0.15, 0.2) is 0 Å². The van der Waals surface area contributed by atoms with Crippen molar-refractivity contribution in [1.82, 2.24) is 4.98 Å². The van der Waals surface area contributed by atoms with Crippen molar-refractivity contribution in [2.24, 2.45) is 0 Å². The van der Waals surface area contributed by atoms with E-state index in [0.717, 1.165) is 36.2 Å². The highest BCUT2D eigenvalue weighted by Gasteiger charge is 2.31. The van der Waals surface area contributed by atoms with Crippen LogP contribution in [0.25, 0.3) is 11.1 Å². The van der Waals surface area contributed by atoms with E-state index in [1.54, 1.807) is 12.4 Å². The average molecular weight is 312 g/mol. The molecule has 1 aromatic heterocycles. The lowest BCUT2D eigenvalue weighted by molar-refractivity contribution is -0.118. The molecule has 118 valence electrons. The Balaban J connectivity index is 1.73. The van der Waals surface area contributed by atoms with Crippen LogP contribution in [0.2, 0.25) is 0 Å². The normalized spacial score (nSPS) is 15.7. The zero-order chi connectivity index (χ0) is 15.8. The Hall–Kier alpha value is -2.43. The molecule has 3 heterocycles. The molecule has 0 saturated heterocycles. The van der Waals surface area contributed by atoms with Crippen LogP contribution in [0.5, 0.6) is 5.75 Å². The number of halogens is 1. The third-order valence-corrected chi connectivity index (χ3v) is 4.44. The number of amides is 1. The summed E-state index contributed by atoms with van der Waals surface area (Å²) in [6.45, 7) is 0.303. The number of hydrogen-bond donors (Lipinski definition) is 0. The number of pyridine rings is 1. The van der Waals surface area contributed by atoms with E-state index in [0.29, 0.717) is 12.2 Å². The van der Waals surface area contributed by atoms with Crippen LogP contribution in [0.4, 0.5) is 10.1 Å². The number of nitrogens with zero attached hydrogens (tertiary/aromatic N) is 2. The summed E-state index contributed by atoms with van der Waals surface area (Å²) in [5.74, 6) is 0.804. The number of carbonyl (C=O) groups is 1. The van der Waals surface area contributed by atoms with E-state index < -0.39 is 6.67 Å². The molecule has 2 aromatic rings. The van der Waals surface area contributed by atoms with E-state index in [1.807, 2.05) is 11.0 Å². The van der Waals surface area contributed by atoms with Gasteiger partial charge in [-0.1, -0.05) is 0 Å². The number of hydrogen-bond acceptors (Lipinski definition) is 3. The number of carbonyl (C=O) groups excluding carboxylic acids is 1. The molecular weight excluding hydrogens is 295 g/mol. The average Bonchev–Trinajstić information content (AvgIpc) is 3.02. The van der Waals surface area contributed by atoms with E-state index in [-0.39, 0.29) is 12.5 Å². The number of aryl methyl sites for hydroxylation is 1. The predicted octanol–water partition coefficient (Wildman–Crippen LogP) is 2.93. The monoisotopic (exact) mass is 312 g/mol. The molecule has 0 atom stereocenters. The molecule has 0 radical (unpaired) electrons. The number of rotatable bonds is 4. The van der Waals surface area contributed by atoms with Crippen molar-refractivity contribution in [3.05, 3.63) is 41.7 Å². The molecule has 2 aliphatic rings. The van der Waals surface area contributed by atoms with Gasteiger partial charge in [-0.2, -0.15) is 0 Å². The topological polar surface area (TPSA) is 42.4 Å². The smallest absolute Gasteiger partial charge is 0.227 e. The summed E-state index contributed by atoms with van der Waals surface area (Å²) < 4.78 is 17.6. The Labute approximate surface area is 133 Å². The summed E-state index contributed by atoms with van der Waals surface area (Å²) in [5.41, 5.74) is 5.59. The maximum absolute atomic E-state index is 12.2. The van der Waals surface area contributed by atoms with E-state index in [9.17, 15) is 9.18 Å². The van der Waals surface area contributed by atoms with Crippen molar-refractivity contribution in [1.29, 1.82) is 0 Å². The van der Waals surface area contributed by atoms with Crippen LogP contribution in [0.1, 0.15) is 17.5 Å². The van der Waals surface area contributed by atoms with Crippen LogP contribution in [-0.4, -0.2) is 30.7 Å². The molecule has 23 heavy (non-hydrogen) atoms. The second-order valence-corrected chi connectivity index (χ2v) is 5.89. The number of ether oxygens (including phenoxy) is 1. The first kappa shape index (κ1) is 14.2. The van der Waals surface area contributed by atoms with Gasteiger partial charge in [0, 0.05) is 24.7 Å². The number of anilines is 1. The van der Waals surface area contributed by atoms with Crippen LogP contribution >= 0.6 is 0 Å². The molecule has 4 rings (SSSR count). The minimum absolute atomic E-state index is 0.0393. The Morgan fingerprint density at radius 2 is 1.91 bits per heavy atom. The summed E-state index contributed by atoms with van der Waals surface area (Å²) in [4.78, 5) is 18.1. The largest absolute Gasteiger partial charge is 0.489 e. The van der Waals surface area contributed by atoms with Gasteiger partial charge in [-0.3, -0.25) is 9.78 Å². The Morgan fingerprint density at radius 1 is 1.09 bits per heavy atom. The number of benzene rings is 1. The fourth-order valence-corrected chi connectivity index (χ4v) is 3.44. The fourth-order valence-electron chi connectivity index (χ4n) is 3.44. The van der Waals surface area contributed by atoms with Crippen LogP contribution in [-0.2, 0) is 17.6 Å². The van der Waals surface area contributed by atoms with E-state index >= 15 is 0 Å². The highest BCUT2D eigenvalue weighted by Crippen LogP contribution is 2.39. The van der Waals surface area contributed by atoms with Gasteiger partial charge in [0.05, 0.1) is 11.9 Å². The SMILES string of the molecule is O=C1CCc2cc(-c3cncc(OCCF)c3)cc3c2N1CC3. The van der Waals surface area contributed by atoms with Crippen LogP contribution in [0.3, 0.4) is 0 Å². The zero-order valence-corrected chi connectivity index (χ0v) is 12.7. The summed E-state index contributed by atoms with van der Waals surface area (Å²) in [7, 11) is 0. The highest BCUT2D eigenvalue weighted by molar-refractivity contribution is 5.99. The molecule has 0 fully saturated rings. The predicted molar refractivity (Wildman–Crippen MR) is 85.5 cm³/mol. The molecule has 0 N–H and O–H groups in total. The van der Waals surface area contributed by atoms with Crippen molar-refractivity contribution in [2.75, 3.05) is 24.7 Å². The van der Waals surface area contributed by atoms with Gasteiger partial charge in [0.25, 0.3) is 0 Å². The van der Waals surface area contributed by atoms with Gasteiger partial charge < -0.3 is 9.64 Å². The second-order valence-electron chi connectivity index (χ2n) is 5.89. The molecular formula is C18H17FN2O2. The third kappa shape index (κ3) is 2.46. The van der Waals surface area contributed by atoms with Crippen molar-refractivity contribution in [3.63, 3.8) is 0 Å². The first-order valence-corrected chi connectivity index (χ1v) is 7.86. The molecule has 1 amide bonds. The molecule has 4 nitrogen and oxygen atoms in total. The van der Waals surface area contributed by atoms with E-state index in [2.05, 4.69) is 17.1 Å². The molecule has 0 saturated carbocycles. The van der Waals surface area contributed by atoms with Crippen molar-refractivity contribution < 1.29 is 13.9 Å². The highest BCUT2D eigenvalue weighted by atomic mass is 19.1. The lowest BCUT2D eigenvalue weighted by Crippen LogP contribution is -2.32. The van der Waals surface area contributed by atoms with E-state index in [1.165, 1.54) is 11.1 Å². The van der Waals surface area contributed by atoms with Gasteiger partial charge in [-0.15, -0.1) is 0 Å². The summed E-state index contributed by atoms with van der Waals surface area (Å²) in [6.07, 6.45) is 5.65. The second kappa shape index (κ2) is 5.65. The van der Waals surface area contributed by atoms with Crippen molar-refractivity contribution in [3.8, 4) is 16.9 Å². The van der Waals surface area contributed by atoms with Crippen molar-refractivity contribution >= 4 is 11.6 Å². The van der Waals surface area contributed by atoms with E-state index in [4.69, 9.17) is 4.74 Å². The van der Waals surface area contributed by atoms with Crippen molar-refractivity contribution in [2.45, 2.75) is 19.3 Å². The van der Waals surface area contributed by atoms with Gasteiger partial charge in [-0.25, -0.2) is 4.39 Å². The quantitative estimate of drug-likeness (QED) is 0.872. The standard InChI is InChI=1S/C18H17FN2O2/c19-4-6-23-16-9-15(10-20-11-16)14-7-12-1-2-17(22)21-5-3-13(8-14)18(12)21/h7-11H,1-6H2. The molecule has 0 unspecified atom stereocenters. The van der Waals surface area contributed by atoms with Gasteiger partial charge in [0.1, 0.15) is 19.0 Å².